The molecule has 0 spiro atoms. The summed E-state index contributed by atoms with van der Waals surface area (Å²) in [4.78, 5) is 22.8. The minimum Gasteiger partial charge on any atom is -0.383 e. The average Bonchev–Trinajstić information content (AvgIpc) is 2.38. The number of carbonyl (C=O) groups is 2. The molecule has 0 aromatic rings. The lowest BCUT2D eigenvalue weighted by Crippen LogP contribution is -2.42. The number of hydrogen-bond donors (Lipinski definition) is 2. The summed E-state index contributed by atoms with van der Waals surface area (Å²) in [6.07, 6.45) is 4.43. The first-order chi connectivity index (χ1) is 8.65. The molecule has 0 saturated carbocycles. The van der Waals surface area contributed by atoms with Crippen LogP contribution in [0.25, 0.3) is 0 Å². The molecular weight excluding hydrogens is 232 g/mol. The molecule has 0 bridgehead atoms. The van der Waals surface area contributed by atoms with Crippen molar-refractivity contribution in [2.45, 2.75) is 39.5 Å². The first kappa shape index (κ1) is 16.9. The largest absolute Gasteiger partial charge is 0.383 e. The van der Waals surface area contributed by atoms with Crippen LogP contribution in [0.3, 0.4) is 0 Å². The quantitative estimate of drug-likeness (QED) is 0.480. The van der Waals surface area contributed by atoms with Crippen LogP contribution in [0, 0.1) is 5.92 Å². The van der Waals surface area contributed by atoms with Crippen molar-refractivity contribution in [3.05, 3.63) is 0 Å². The van der Waals surface area contributed by atoms with Crippen LogP contribution in [0.15, 0.2) is 0 Å². The fourth-order valence-corrected chi connectivity index (χ4v) is 1.61. The number of unbranched alkanes of at least 4 members (excludes halogenated alkanes) is 1. The van der Waals surface area contributed by atoms with Gasteiger partial charge < -0.3 is 15.4 Å². The van der Waals surface area contributed by atoms with Crippen LogP contribution in [-0.4, -0.2) is 38.6 Å². The third-order valence-corrected chi connectivity index (χ3v) is 2.89. The Kier molecular flexibility index (Phi) is 10.3. The third kappa shape index (κ3) is 8.06. The van der Waals surface area contributed by atoms with E-state index < -0.39 is 11.8 Å². The SMILES string of the molecule is CCCC[C@@H](CC)CNC(=O)C(=O)NCCOC. The highest BCUT2D eigenvalue weighted by Gasteiger charge is 2.14. The number of rotatable bonds is 9. The van der Waals surface area contributed by atoms with Gasteiger partial charge in [0.1, 0.15) is 0 Å². The van der Waals surface area contributed by atoms with Gasteiger partial charge in [-0.1, -0.05) is 33.1 Å². The first-order valence-electron chi connectivity index (χ1n) is 6.70. The summed E-state index contributed by atoms with van der Waals surface area (Å²) in [6, 6.07) is 0. The summed E-state index contributed by atoms with van der Waals surface area (Å²) in [5, 5.41) is 5.17. The monoisotopic (exact) mass is 258 g/mol. The third-order valence-electron chi connectivity index (χ3n) is 2.89. The Morgan fingerprint density at radius 2 is 1.83 bits per heavy atom. The maximum atomic E-state index is 11.5. The molecule has 0 heterocycles. The summed E-state index contributed by atoms with van der Waals surface area (Å²) in [7, 11) is 1.55. The molecule has 0 fully saturated rings. The van der Waals surface area contributed by atoms with E-state index in [1.807, 2.05) is 0 Å². The Morgan fingerprint density at radius 1 is 1.17 bits per heavy atom. The molecule has 5 nitrogen and oxygen atoms in total. The molecule has 18 heavy (non-hydrogen) atoms. The molecule has 0 rings (SSSR count). The van der Waals surface area contributed by atoms with Gasteiger partial charge in [0.25, 0.3) is 0 Å². The van der Waals surface area contributed by atoms with E-state index in [0.29, 0.717) is 25.6 Å². The lowest BCUT2D eigenvalue weighted by atomic mass is 9.99. The van der Waals surface area contributed by atoms with E-state index in [-0.39, 0.29) is 0 Å². The van der Waals surface area contributed by atoms with Crippen LogP contribution in [0.2, 0.25) is 0 Å². The molecule has 0 aliphatic rings. The number of ether oxygens (including phenoxy) is 1. The van der Waals surface area contributed by atoms with Crippen LogP contribution >= 0.6 is 0 Å². The fourth-order valence-electron chi connectivity index (χ4n) is 1.61. The fraction of sp³-hybridized carbons (Fsp3) is 0.846. The molecule has 5 heteroatoms. The Balaban J connectivity index is 3.81. The van der Waals surface area contributed by atoms with E-state index in [4.69, 9.17) is 4.74 Å². The highest BCUT2D eigenvalue weighted by molar-refractivity contribution is 6.35. The number of amides is 2. The van der Waals surface area contributed by atoms with Crippen molar-refractivity contribution in [2.75, 3.05) is 26.8 Å². The second-order valence-corrected chi connectivity index (χ2v) is 4.38. The summed E-state index contributed by atoms with van der Waals surface area (Å²) in [6.45, 7) is 5.59. The van der Waals surface area contributed by atoms with Crippen molar-refractivity contribution in [1.82, 2.24) is 10.6 Å². The van der Waals surface area contributed by atoms with Crippen LogP contribution in [0.4, 0.5) is 0 Å². The van der Waals surface area contributed by atoms with Gasteiger partial charge in [0.15, 0.2) is 0 Å². The molecule has 0 aromatic heterocycles. The van der Waals surface area contributed by atoms with Gasteiger partial charge in [-0.15, -0.1) is 0 Å². The zero-order chi connectivity index (χ0) is 13.8. The molecule has 0 aromatic carbocycles. The predicted molar refractivity (Wildman–Crippen MR) is 71.2 cm³/mol. The van der Waals surface area contributed by atoms with E-state index >= 15 is 0 Å². The molecule has 0 saturated heterocycles. The molecule has 106 valence electrons. The van der Waals surface area contributed by atoms with Crippen LogP contribution in [0.1, 0.15) is 39.5 Å². The zero-order valence-corrected chi connectivity index (χ0v) is 11.8. The van der Waals surface area contributed by atoms with Crippen molar-refractivity contribution < 1.29 is 14.3 Å². The highest BCUT2D eigenvalue weighted by Crippen LogP contribution is 2.10. The highest BCUT2D eigenvalue weighted by atomic mass is 16.5. The van der Waals surface area contributed by atoms with Gasteiger partial charge in [-0.2, -0.15) is 0 Å². The first-order valence-corrected chi connectivity index (χ1v) is 6.70. The second kappa shape index (κ2) is 11.0. The van der Waals surface area contributed by atoms with Crippen LogP contribution in [-0.2, 0) is 14.3 Å². The maximum Gasteiger partial charge on any atom is 0.309 e. The van der Waals surface area contributed by atoms with Crippen molar-refractivity contribution in [3.8, 4) is 0 Å². The minimum absolute atomic E-state index is 0.357. The Bertz CT molecular complexity index is 244. The summed E-state index contributed by atoms with van der Waals surface area (Å²) in [5.74, 6) is -0.681. The van der Waals surface area contributed by atoms with E-state index in [1.54, 1.807) is 7.11 Å². The number of hydrogen-bond acceptors (Lipinski definition) is 3. The molecule has 2 N–H and O–H groups in total. The molecular formula is C13H26N2O3. The van der Waals surface area contributed by atoms with Gasteiger partial charge >= 0.3 is 11.8 Å². The van der Waals surface area contributed by atoms with E-state index in [2.05, 4.69) is 24.5 Å². The van der Waals surface area contributed by atoms with E-state index in [9.17, 15) is 9.59 Å². The van der Waals surface area contributed by atoms with Crippen molar-refractivity contribution in [2.24, 2.45) is 5.92 Å². The molecule has 0 aliphatic heterocycles. The number of nitrogens with one attached hydrogen (secondary N) is 2. The van der Waals surface area contributed by atoms with Gasteiger partial charge in [0, 0.05) is 20.2 Å². The van der Waals surface area contributed by atoms with Gasteiger partial charge in [0.2, 0.25) is 0 Å². The summed E-state index contributed by atoms with van der Waals surface area (Å²) >= 11 is 0. The smallest absolute Gasteiger partial charge is 0.309 e. The number of methoxy groups -OCH3 is 1. The lowest BCUT2D eigenvalue weighted by molar-refractivity contribution is -0.139. The topological polar surface area (TPSA) is 67.4 Å². The maximum absolute atomic E-state index is 11.5. The van der Waals surface area contributed by atoms with Crippen molar-refractivity contribution in [1.29, 1.82) is 0 Å². The van der Waals surface area contributed by atoms with Crippen LogP contribution in [0.5, 0.6) is 0 Å². The lowest BCUT2D eigenvalue weighted by Gasteiger charge is -2.15. The molecule has 0 unspecified atom stereocenters. The molecule has 1 atom stereocenters. The zero-order valence-electron chi connectivity index (χ0n) is 11.8. The Morgan fingerprint density at radius 3 is 2.39 bits per heavy atom. The second-order valence-electron chi connectivity index (χ2n) is 4.38. The van der Waals surface area contributed by atoms with Gasteiger partial charge in [-0.25, -0.2) is 0 Å². The Hall–Kier alpha value is -1.10. The van der Waals surface area contributed by atoms with E-state index in [1.165, 1.54) is 0 Å². The van der Waals surface area contributed by atoms with Gasteiger partial charge in [-0.05, 0) is 12.3 Å². The molecule has 0 aliphatic carbocycles. The normalized spacial score (nSPS) is 11.9. The van der Waals surface area contributed by atoms with E-state index in [0.717, 1.165) is 25.7 Å². The summed E-state index contributed by atoms with van der Waals surface area (Å²) < 4.78 is 4.79. The standard InChI is InChI=1S/C13H26N2O3/c1-4-6-7-11(5-2)10-15-13(17)12(16)14-8-9-18-3/h11H,4-10H2,1-3H3,(H,14,16)(H,15,17)/t11-/m1/s1. The van der Waals surface area contributed by atoms with Crippen LogP contribution < -0.4 is 10.6 Å². The molecule has 2 amide bonds. The van der Waals surface area contributed by atoms with Crippen molar-refractivity contribution >= 4 is 11.8 Å². The summed E-state index contributed by atoms with van der Waals surface area (Å²) in [5.41, 5.74) is 0. The van der Waals surface area contributed by atoms with Gasteiger partial charge in [0.05, 0.1) is 6.61 Å². The Labute approximate surface area is 110 Å². The number of carbonyl (C=O) groups excluding carboxylic acids is 2. The van der Waals surface area contributed by atoms with Gasteiger partial charge in [-0.3, -0.25) is 9.59 Å². The average molecular weight is 258 g/mol. The minimum atomic E-state index is -0.586. The molecule has 0 radical (unpaired) electrons. The predicted octanol–water partition coefficient (Wildman–Crippen LogP) is 1.08. The van der Waals surface area contributed by atoms with Crippen molar-refractivity contribution in [3.63, 3.8) is 0 Å².